The molecule has 1 aliphatic rings. The number of aryl methyl sites for hydroxylation is 1. The van der Waals surface area contributed by atoms with Crippen LogP contribution in [0.4, 0.5) is 0 Å². The van der Waals surface area contributed by atoms with E-state index in [9.17, 15) is 22.8 Å². The van der Waals surface area contributed by atoms with Gasteiger partial charge in [-0.1, -0.05) is 23.7 Å². The van der Waals surface area contributed by atoms with E-state index in [4.69, 9.17) is 11.6 Å². The van der Waals surface area contributed by atoms with Crippen LogP contribution in [0.5, 0.6) is 0 Å². The van der Waals surface area contributed by atoms with E-state index in [0.717, 1.165) is 11.8 Å². The van der Waals surface area contributed by atoms with Crippen LogP contribution in [0.3, 0.4) is 0 Å². The average molecular weight is 452 g/mol. The number of benzene rings is 1. The van der Waals surface area contributed by atoms with Crippen LogP contribution in [-0.2, 0) is 22.9 Å². The van der Waals surface area contributed by atoms with Crippen molar-refractivity contribution in [2.24, 2.45) is 0 Å². The molecule has 0 atom stereocenters. The number of nitrogens with zero attached hydrogens (tertiary/aromatic N) is 2. The SMILES string of the molecule is Cc1cc(C(=O)NCc2ccc(Cl)cc2)c(=O)n2c1C(=O)N(CCS(C)(=O)=O)CC2. The van der Waals surface area contributed by atoms with Gasteiger partial charge < -0.3 is 14.8 Å². The lowest BCUT2D eigenvalue weighted by atomic mass is 10.1. The van der Waals surface area contributed by atoms with E-state index in [0.29, 0.717) is 10.6 Å². The van der Waals surface area contributed by atoms with Crippen LogP contribution in [0, 0.1) is 6.92 Å². The van der Waals surface area contributed by atoms with E-state index in [1.807, 2.05) is 0 Å². The Labute approximate surface area is 179 Å². The molecule has 0 aliphatic carbocycles. The molecule has 0 saturated heterocycles. The first-order valence-corrected chi connectivity index (χ1v) is 11.7. The lowest BCUT2D eigenvalue weighted by molar-refractivity contribution is 0.0709. The maximum Gasteiger partial charge on any atom is 0.270 e. The molecule has 1 aromatic heterocycles. The zero-order valence-electron chi connectivity index (χ0n) is 16.6. The highest BCUT2D eigenvalue weighted by molar-refractivity contribution is 7.90. The molecule has 1 aliphatic heterocycles. The number of hydrogen-bond donors (Lipinski definition) is 1. The van der Waals surface area contributed by atoms with Gasteiger partial charge in [0.1, 0.15) is 21.1 Å². The molecule has 3 rings (SSSR count). The fourth-order valence-electron chi connectivity index (χ4n) is 3.31. The van der Waals surface area contributed by atoms with Crippen molar-refractivity contribution in [1.82, 2.24) is 14.8 Å². The van der Waals surface area contributed by atoms with Gasteiger partial charge in [-0.15, -0.1) is 0 Å². The Hall–Kier alpha value is -2.65. The third kappa shape index (κ3) is 4.91. The molecule has 1 aromatic carbocycles. The van der Waals surface area contributed by atoms with Crippen LogP contribution in [0.25, 0.3) is 0 Å². The molecule has 8 nitrogen and oxygen atoms in total. The minimum Gasteiger partial charge on any atom is -0.348 e. The Kier molecular flexibility index (Phi) is 6.33. The summed E-state index contributed by atoms with van der Waals surface area (Å²) in [5, 5.41) is 3.30. The maximum absolute atomic E-state index is 12.9. The zero-order valence-corrected chi connectivity index (χ0v) is 18.2. The standard InChI is InChI=1S/C20H22ClN3O5S/c1-13-11-16(18(25)22-12-14-3-5-15(21)6-4-14)19(26)24-8-7-23(20(27)17(13)24)9-10-30(2,28)29/h3-6,11H,7-10,12H2,1-2H3,(H,22,25). The highest BCUT2D eigenvalue weighted by Crippen LogP contribution is 2.16. The molecular weight excluding hydrogens is 430 g/mol. The molecule has 2 heterocycles. The van der Waals surface area contributed by atoms with Gasteiger partial charge in [0.15, 0.2) is 0 Å². The first-order chi connectivity index (χ1) is 14.1. The van der Waals surface area contributed by atoms with Gasteiger partial charge in [-0.05, 0) is 36.2 Å². The highest BCUT2D eigenvalue weighted by Gasteiger charge is 2.29. The van der Waals surface area contributed by atoms with Crippen molar-refractivity contribution in [3.8, 4) is 0 Å². The molecule has 0 fully saturated rings. The number of pyridine rings is 1. The maximum atomic E-state index is 12.9. The van der Waals surface area contributed by atoms with E-state index in [1.54, 1.807) is 31.2 Å². The number of aromatic nitrogens is 1. The number of carbonyl (C=O) groups excluding carboxylic acids is 2. The van der Waals surface area contributed by atoms with Crippen LogP contribution < -0.4 is 10.9 Å². The molecule has 30 heavy (non-hydrogen) atoms. The number of sulfone groups is 1. The topological polar surface area (TPSA) is 106 Å². The van der Waals surface area contributed by atoms with Crippen molar-refractivity contribution in [2.75, 3.05) is 25.1 Å². The molecule has 0 spiro atoms. The summed E-state index contributed by atoms with van der Waals surface area (Å²) in [6.07, 6.45) is 1.11. The number of halogens is 1. The first-order valence-electron chi connectivity index (χ1n) is 9.31. The lowest BCUT2D eigenvalue weighted by Crippen LogP contribution is -2.47. The molecule has 2 aromatic rings. The molecule has 160 valence electrons. The Morgan fingerprint density at radius 3 is 2.47 bits per heavy atom. The van der Waals surface area contributed by atoms with E-state index in [1.165, 1.54) is 15.5 Å². The van der Waals surface area contributed by atoms with Crippen LogP contribution in [0.2, 0.25) is 5.02 Å². The summed E-state index contributed by atoms with van der Waals surface area (Å²) in [5.41, 5.74) is 0.927. The summed E-state index contributed by atoms with van der Waals surface area (Å²) >= 11 is 5.85. The summed E-state index contributed by atoms with van der Waals surface area (Å²) in [6, 6.07) is 8.38. The van der Waals surface area contributed by atoms with Crippen molar-refractivity contribution in [2.45, 2.75) is 20.0 Å². The van der Waals surface area contributed by atoms with E-state index >= 15 is 0 Å². The first kappa shape index (κ1) is 22.0. The quantitative estimate of drug-likeness (QED) is 0.711. The summed E-state index contributed by atoms with van der Waals surface area (Å²) in [5.74, 6) is -1.08. The third-order valence-electron chi connectivity index (χ3n) is 4.91. The number of carbonyl (C=O) groups is 2. The zero-order chi connectivity index (χ0) is 22.1. The molecule has 0 bridgehead atoms. The Morgan fingerprint density at radius 1 is 1.17 bits per heavy atom. The summed E-state index contributed by atoms with van der Waals surface area (Å²) < 4.78 is 24.1. The van der Waals surface area contributed by atoms with Gasteiger partial charge in [0, 0.05) is 37.5 Å². The molecule has 1 N–H and O–H groups in total. The largest absolute Gasteiger partial charge is 0.348 e. The third-order valence-corrected chi connectivity index (χ3v) is 6.08. The van der Waals surface area contributed by atoms with E-state index in [-0.39, 0.29) is 43.2 Å². The molecule has 0 saturated carbocycles. The minimum absolute atomic E-state index is 0.0393. The number of rotatable bonds is 6. The van der Waals surface area contributed by atoms with Crippen molar-refractivity contribution >= 4 is 33.3 Å². The normalized spacial score (nSPS) is 13.8. The van der Waals surface area contributed by atoms with Gasteiger partial charge in [0.25, 0.3) is 17.4 Å². The van der Waals surface area contributed by atoms with E-state index < -0.39 is 27.2 Å². The van der Waals surface area contributed by atoms with Gasteiger partial charge in [0.05, 0.1) is 5.75 Å². The van der Waals surface area contributed by atoms with Gasteiger partial charge >= 0.3 is 0 Å². The van der Waals surface area contributed by atoms with Gasteiger partial charge in [-0.2, -0.15) is 0 Å². The monoisotopic (exact) mass is 451 g/mol. The summed E-state index contributed by atoms with van der Waals surface area (Å²) in [6.45, 7) is 2.35. The number of amides is 2. The summed E-state index contributed by atoms with van der Waals surface area (Å²) in [7, 11) is -3.21. The molecule has 0 unspecified atom stereocenters. The van der Waals surface area contributed by atoms with Crippen molar-refractivity contribution in [1.29, 1.82) is 0 Å². The Bertz CT molecular complexity index is 1160. The second kappa shape index (κ2) is 8.61. The van der Waals surface area contributed by atoms with Crippen molar-refractivity contribution in [3.63, 3.8) is 0 Å². The molecule has 10 heteroatoms. The fourth-order valence-corrected chi connectivity index (χ4v) is 3.99. The van der Waals surface area contributed by atoms with Crippen molar-refractivity contribution in [3.05, 3.63) is 68.1 Å². The second-order valence-corrected chi connectivity index (χ2v) is 9.97. The fraction of sp³-hybridized carbons (Fsp3) is 0.350. The highest BCUT2D eigenvalue weighted by atomic mass is 35.5. The van der Waals surface area contributed by atoms with Crippen LogP contribution >= 0.6 is 11.6 Å². The Morgan fingerprint density at radius 2 is 1.83 bits per heavy atom. The van der Waals surface area contributed by atoms with Crippen molar-refractivity contribution < 1.29 is 18.0 Å². The molecule has 0 radical (unpaired) electrons. The second-order valence-electron chi connectivity index (χ2n) is 7.28. The molecular formula is C20H22ClN3O5S. The minimum atomic E-state index is -3.21. The van der Waals surface area contributed by atoms with Gasteiger partial charge in [-0.25, -0.2) is 8.42 Å². The number of nitrogens with one attached hydrogen (secondary N) is 1. The van der Waals surface area contributed by atoms with Crippen LogP contribution in [0.15, 0.2) is 35.1 Å². The lowest BCUT2D eigenvalue weighted by Gasteiger charge is -2.30. The Balaban J connectivity index is 1.81. The van der Waals surface area contributed by atoms with Gasteiger partial charge in [-0.3, -0.25) is 14.4 Å². The number of hydrogen-bond acceptors (Lipinski definition) is 5. The van der Waals surface area contributed by atoms with Crippen LogP contribution in [0.1, 0.15) is 32.0 Å². The predicted molar refractivity (Wildman–Crippen MR) is 114 cm³/mol. The average Bonchev–Trinajstić information content (AvgIpc) is 2.68. The van der Waals surface area contributed by atoms with E-state index in [2.05, 4.69) is 5.32 Å². The van der Waals surface area contributed by atoms with Crippen LogP contribution in [-0.4, -0.2) is 54.8 Å². The smallest absolute Gasteiger partial charge is 0.270 e. The van der Waals surface area contributed by atoms with Gasteiger partial charge in [0.2, 0.25) is 0 Å². The number of fused-ring (bicyclic) bond motifs is 1. The molecule has 2 amide bonds. The summed E-state index contributed by atoms with van der Waals surface area (Å²) in [4.78, 5) is 39.6. The predicted octanol–water partition coefficient (Wildman–Crippen LogP) is 1.24.